The second kappa shape index (κ2) is 6.78. The molecule has 1 N–H and O–H groups in total. The van der Waals surface area contributed by atoms with Gasteiger partial charge in [0.25, 0.3) is 5.56 Å². The summed E-state index contributed by atoms with van der Waals surface area (Å²) in [5.74, 6) is 0.522. The van der Waals surface area contributed by atoms with Gasteiger partial charge in [0.1, 0.15) is 10.3 Å². The molecular formula is C14H15BrN2O3. The number of benzene rings is 1. The van der Waals surface area contributed by atoms with Crippen LogP contribution in [-0.4, -0.2) is 24.2 Å². The normalized spacial score (nSPS) is 10.8. The molecule has 0 aliphatic rings. The minimum absolute atomic E-state index is 0.219. The highest BCUT2D eigenvalue weighted by Gasteiger charge is 2.10. The minimum Gasteiger partial charge on any atom is -0.380 e. The summed E-state index contributed by atoms with van der Waals surface area (Å²) in [5, 5.41) is 0. The van der Waals surface area contributed by atoms with Crippen molar-refractivity contribution in [3.05, 3.63) is 50.3 Å². The molecule has 0 saturated heterocycles. The predicted octanol–water partition coefficient (Wildman–Crippen LogP) is 2.49. The number of ether oxygens (including phenoxy) is 2. The summed E-state index contributed by atoms with van der Waals surface area (Å²) < 4.78 is 10.5. The highest BCUT2D eigenvalue weighted by Crippen LogP contribution is 2.18. The van der Waals surface area contributed by atoms with Gasteiger partial charge in [0.2, 0.25) is 0 Å². The quantitative estimate of drug-likeness (QED) is 0.909. The van der Waals surface area contributed by atoms with Gasteiger partial charge in [-0.3, -0.25) is 4.79 Å². The maximum atomic E-state index is 11.9. The van der Waals surface area contributed by atoms with Crippen LogP contribution in [0.4, 0.5) is 0 Å². The molecule has 0 aliphatic heterocycles. The summed E-state index contributed by atoms with van der Waals surface area (Å²) in [5.41, 5.74) is 2.26. The summed E-state index contributed by atoms with van der Waals surface area (Å²) in [6.07, 6.45) is 0. The summed E-state index contributed by atoms with van der Waals surface area (Å²) in [7, 11) is 3.22. The van der Waals surface area contributed by atoms with Gasteiger partial charge >= 0.3 is 0 Å². The SMILES string of the molecule is COCc1ccc(-c2nc(COC)c(Br)c(=O)[nH]2)cc1. The van der Waals surface area contributed by atoms with Gasteiger partial charge in [0.05, 0.1) is 18.9 Å². The van der Waals surface area contributed by atoms with E-state index in [2.05, 4.69) is 25.9 Å². The first-order valence-electron chi connectivity index (χ1n) is 6.01. The largest absolute Gasteiger partial charge is 0.380 e. The van der Waals surface area contributed by atoms with Gasteiger partial charge in [0.15, 0.2) is 0 Å². The molecule has 0 atom stereocenters. The van der Waals surface area contributed by atoms with Gasteiger partial charge < -0.3 is 14.5 Å². The first-order chi connectivity index (χ1) is 9.65. The van der Waals surface area contributed by atoms with E-state index in [4.69, 9.17) is 9.47 Å². The number of halogens is 1. The summed E-state index contributed by atoms with van der Waals surface area (Å²) >= 11 is 3.22. The Kier molecular flexibility index (Phi) is 5.05. The van der Waals surface area contributed by atoms with Crippen molar-refractivity contribution in [1.82, 2.24) is 9.97 Å². The summed E-state index contributed by atoms with van der Waals surface area (Å²) in [6, 6.07) is 7.68. The van der Waals surface area contributed by atoms with Gasteiger partial charge in [-0.05, 0) is 21.5 Å². The van der Waals surface area contributed by atoms with Gasteiger partial charge in [-0.1, -0.05) is 24.3 Å². The van der Waals surface area contributed by atoms with Crippen molar-refractivity contribution in [3.8, 4) is 11.4 Å². The molecule has 20 heavy (non-hydrogen) atoms. The van der Waals surface area contributed by atoms with Crippen LogP contribution in [0.1, 0.15) is 11.3 Å². The molecule has 2 rings (SSSR count). The molecule has 1 heterocycles. The number of aromatic amines is 1. The smallest absolute Gasteiger partial charge is 0.265 e. The Morgan fingerprint density at radius 1 is 1.15 bits per heavy atom. The van der Waals surface area contributed by atoms with E-state index in [9.17, 15) is 4.79 Å². The lowest BCUT2D eigenvalue weighted by molar-refractivity contribution is 0.180. The van der Waals surface area contributed by atoms with Crippen molar-refractivity contribution in [1.29, 1.82) is 0 Å². The molecule has 0 radical (unpaired) electrons. The number of nitrogens with one attached hydrogen (secondary N) is 1. The van der Waals surface area contributed by atoms with E-state index in [0.717, 1.165) is 11.1 Å². The molecule has 1 aromatic heterocycles. The average molecular weight is 339 g/mol. The second-order valence-electron chi connectivity index (χ2n) is 4.24. The number of H-pyrrole nitrogens is 1. The zero-order valence-corrected chi connectivity index (χ0v) is 12.9. The summed E-state index contributed by atoms with van der Waals surface area (Å²) in [6.45, 7) is 0.832. The fraction of sp³-hybridized carbons (Fsp3) is 0.286. The van der Waals surface area contributed by atoms with Crippen molar-refractivity contribution in [3.63, 3.8) is 0 Å². The Hall–Kier alpha value is -1.50. The zero-order chi connectivity index (χ0) is 14.5. The fourth-order valence-electron chi connectivity index (χ4n) is 1.80. The average Bonchev–Trinajstić information content (AvgIpc) is 2.45. The van der Waals surface area contributed by atoms with Crippen LogP contribution in [0.5, 0.6) is 0 Å². The van der Waals surface area contributed by atoms with Gasteiger partial charge in [0, 0.05) is 19.8 Å². The Morgan fingerprint density at radius 3 is 2.40 bits per heavy atom. The third-order valence-electron chi connectivity index (χ3n) is 2.75. The van der Waals surface area contributed by atoms with Crippen LogP contribution in [0.15, 0.2) is 33.5 Å². The topological polar surface area (TPSA) is 64.2 Å². The van der Waals surface area contributed by atoms with Crippen LogP contribution in [0.3, 0.4) is 0 Å². The lowest BCUT2D eigenvalue weighted by Gasteiger charge is -2.07. The van der Waals surface area contributed by atoms with Crippen molar-refractivity contribution in [2.24, 2.45) is 0 Å². The lowest BCUT2D eigenvalue weighted by atomic mass is 10.1. The molecule has 0 fully saturated rings. The molecule has 6 heteroatoms. The van der Waals surface area contributed by atoms with E-state index >= 15 is 0 Å². The van der Waals surface area contributed by atoms with Gasteiger partial charge in [-0.15, -0.1) is 0 Å². The Morgan fingerprint density at radius 2 is 1.80 bits per heavy atom. The number of hydrogen-bond donors (Lipinski definition) is 1. The molecule has 0 spiro atoms. The molecule has 106 valence electrons. The van der Waals surface area contributed by atoms with E-state index in [-0.39, 0.29) is 12.2 Å². The first kappa shape index (κ1) is 14.9. The molecule has 5 nitrogen and oxygen atoms in total. The summed E-state index contributed by atoms with van der Waals surface area (Å²) in [4.78, 5) is 19.0. The lowest BCUT2D eigenvalue weighted by Crippen LogP contribution is -2.14. The Bertz CT molecular complexity index is 638. The monoisotopic (exact) mass is 338 g/mol. The fourth-order valence-corrected chi connectivity index (χ4v) is 2.10. The second-order valence-corrected chi connectivity index (χ2v) is 5.03. The van der Waals surface area contributed by atoms with E-state index in [1.54, 1.807) is 14.2 Å². The van der Waals surface area contributed by atoms with Crippen LogP contribution in [-0.2, 0) is 22.7 Å². The van der Waals surface area contributed by atoms with Crippen LogP contribution in [0.2, 0.25) is 0 Å². The van der Waals surface area contributed by atoms with E-state index in [1.165, 1.54) is 0 Å². The number of rotatable bonds is 5. The number of hydrogen-bond acceptors (Lipinski definition) is 4. The Balaban J connectivity index is 2.39. The number of nitrogens with zero attached hydrogens (tertiary/aromatic N) is 1. The standard InChI is InChI=1S/C14H15BrN2O3/c1-19-7-9-3-5-10(6-4-9)13-16-11(8-20-2)12(15)14(18)17-13/h3-6H,7-8H2,1-2H3,(H,16,17,18). The molecule has 0 unspecified atom stereocenters. The van der Waals surface area contributed by atoms with Crippen LogP contribution in [0.25, 0.3) is 11.4 Å². The van der Waals surface area contributed by atoms with Crippen LogP contribution >= 0.6 is 15.9 Å². The third-order valence-corrected chi connectivity index (χ3v) is 3.57. The van der Waals surface area contributed by atoms with Crippen molar-refractivity contribution >= 4 is 15.9 Å². The highest BCUT2D eigenvalue weighted by molar-refractivity contribution is 9.10. The maximum absolute atomic E-state index is 11.9. The molecule has 0 amide bonds. The Labute approximate surface area is 125 Å². The molecule has 0 aliphatic carbocycles. The zero-order valence-electron chi connectivity index (χ0n) is 11.3. The highest BCUT2D eigenvalue weighted by atomic mass is 79.9. The van der Waals surface area contributed by atoms with Crippen molar-refractivity contribution < 1.29 is 9.47 Å². The molecule has 0 saturated carbocycles. The van der Waals surface area contributed by atoms with Crippen molar-refractivity contribution in [2.45, 2.75) is 13.2 Å². The number of methoxy groups -OCH3 is 2. The maximum Gasteiger partial charge on any atom is 0.265 e. The van der Waals surface area contributed by atoms with Crippen LogP contribution < -0.4 is 5.56 Å². The van der Waals surface area contributed by atoms with E-state index in [0.29, 0.717) is 22.6 Å². The van der Waals surface area contributed by atoms with Crippen LogP contribution in [0, 0.1) is 0 Å². The predicted molar refractivity (Wildman–Crippen MR) is 79.4 cm³/mol. The molecule has 0 bridgehead atoms. The molecule has 1 aromatic carbocycles. The van der Waals surface area contributed by atoms with E-state index in [1.807, 2.05) is 24.3 Å². The number of aromatic nitrogens is 2. The van der Waals surface area contributed by atoms with Crippen molar-refractivity contribution in [2.75, 3.05) is 14.2 Å². The first-order valence-corrected chi connectivity index (χ1v) is 6.81. The van der Waals surface area contributed by atoms with E-state index < -0.39 is 0 Å². The van der Waals surface area contributed by atoms with Gasteiger partial charge in [-0.25, -0.2) is 4.98 Å². The molecule has 2 aromatic rings. The third kappa shape index (κ3) is 3.33. The molecular weight excluding hydrogens is 324 g/mol. The van der Waals surface area contributed by atoms with Gasteiger partial charge in [-0.2, -0.15) is 0 Å². The minimum atomic E-state index is -0.219.